The second-order valence-corrected chi connectivity index (χ2v) is 6.82. The predicted octanol–water partition coefficient (Wildman–Crippen LogP) is 2.53. The summed E-state index contributed by atoms with van der Waals surface area (Å²) in [5.74, 6) is 0.995. The Balaban J connectivity index is 1.28. The number of rotatable bonds is 4. The van der Waals surface area contributed by atoms with Crippen LogP contribution in [-0.4, -0.2) is 46.9 Å². The van der Waals surface area contributed by atoms with Crippen LogP contribution in [-0.2, 0) is 11.3 Å². The molecule has 1 aromatic carbocycles. The number of aromatic nitrogens is 1. The summed E-state index contributed by atoms with van der Waals surface area (Å²) in [6.45, 7) is 4.51. The smallest absolute Gasteiger partial charge is 0.226 e. The number of pyridine rings is 1. The molecule has 2 heterocycles. The van der Waals surface area contributed by atoms with Gasteiger partial charge in [-0.1, -0.05) is 36.4 Å². The molecular formula is C20H23N3O. The first kappa shape index (κ1) is 15.3. The van der Waals surface area contributed by atoms with Crippen molar-refractivity contribution in [3.05, 3.63) is 66.0 Å². The highest BCUT2D eigenvalue weighted by Gasteiger charge is 2.45. The topological polar surface area (TPSA) is 36.4 Å². The summed E-state index contributed by atoms with van der Waals surface area (Å²) < 4.78 is 0. The number of hydrogen-bond donors (Lipinski definition) is 0. The van der Waals surface area contributed by atoms with Crippen molar-refractivity contribution in [2.24, 2.45) is 5.92 Å². The molecule has 1 saturated carbocycles. The van der Waals surface area contributed by atoms with Crippen LogP contribution in [0.2, 0.25) is 0 Å². The van der Waals surface area contributed by atoms with Crippen molar-refractivity contribution >= 4 is 5.91 Å². The Kier molecular flexibility index (Phi) is 4.30. The van der Waals surface area contributed by atoms with Crippen LogP contribution < -0.4 is 0 Å². The molecule has 4 rings (SSSR count). The van der Waals surface area contributed by atoms with Gasteiger partial charge >= 0.3 is 0 Å². The quantitative estimate of drug-likeness (QED) is 0.868. The van der Waals surface area contributed by atoms with Crippen molar-refractivity contribution in [3.8, 4) is 0 Å². The minimum atomic E-state index is 0.206. The van der Waals surface area contributed by atoms with Gasteiger partial charge < -0.3 is 4.90 Å². The monoisotopic (exact) mass is 321 g/mol. The minimum Gasteiger partial charge on any atom is -0.340 e. The summed E-state index contributed by atoms with van der Waals surface area (Å²) in [6.07, 6.45) is 4.74. The van der Waals surface area contributed by atoms with E-state index >= 15 is 0 Å². The first-order chi connectivity index (χ1) is 11.8. The molecule has 0 N–H and O–H groups in total. The standard InChI is InChI=1S/C20H23N3O/c24-20(19-13-18(19)17-6-2-1-3-7-17)23-11-9-22(10-12-23)15-16-5-4-8-21-14-16/h1-8,14,18-19H,9-13,15H2. The van der Waals surface area contributed by atoms with Gasteiger partial charge in [0.05, 0.1) is 0 Å². The van der Waals surface area contributed by atoms with Crippen LogP contribution in [0.25, 0.3) is 0 Å². The van der Waals surface area contributed by atoms with Crippen LogP contribution in [0.4, 0.5) is 0 Å². The summed E-state index contributed by atoms with van der Waals surface area (Å²) in [6, 6.07) is 14.5. The summed E-state index contributed by atoms with van der Waals surface area (Å²) in [4.78, 5) is 21.3. The molecule has 124 valence electrons. The maximum absolute atomic E-state index is 12.7. The fraction of sp³-hybridized carbons (Fsp3) is 0.400. The normalized spacial score (nSPS) is 23.9. The van der Waals surface area contributed by atoms with Gasteiger partial charge in [0.15, 0.2) is 0 Å². The van der Waals surface area contributed by atoms with Gasteiger partial charge in [-0.15, -0.1) is 0 Å². The molecule has 2 aromatic rings. The van der Waals surface area contributed by atoms with Crippen molar-refractivity contribution in [2.45, 2.75) is 18.9 Å². The molecule has 1 aliphatic heterocycles. The number of nitrogens with zero attached hydrogens (tertiary/aromatic N) is 3. The molecule has 1 aromatic heterocycles. The maximum atomic E-state index is 12.7. The summed E-state index contributed by atoms with van der Waals surface area (Å²) in [7, 11) is 0. The fourth-order valence-electron chi connectivity index (χ4n) is 3.65. The van der Waals surface area contributed by atoms with Crippen molar-refractivity contribution in [2.75, 3.05) is 26.2 Å². The lowest BCUT2D eigenvalue weighted by Gasteiger charge is -2.35. The number of carbonyl (C=O) groups excluding carboxylic acids is 1. The van der Waals surface area contributed by atoms with Gasteiger partial charge in [-0.2, -0.15) is 0 Å². The third kappa shape index (κ3) is 3.34. The average Bonchev–Trinajstić information content (AvgIpc) is 3.44. The SMILES string of the molecule is O=C(C1CC1c1ccccc1)N1CCN(Cc2cccnc2)CC1. The summed E-state index contributed by atoms with van der Waals surface area (Å²) >= 11 is 0. The zero-order valence-electron chi connectivity index (χ0n) is 13.8. The van der Waals surface area contributed by atoms with E-state index in [1.807, 2.05) is 18.3 Å². The molecule has 2 aliphatic rings. The van der Waals surface area contributed by atoms with Crippen LogP contribution in [0.1, 0.15) is 23.5 Å². The second-order valence-electron chi connectivity index (χ2n) is 6.82. The molecule has 2 unspecified atom stereocenters. The van der Waals surface area contributed by atoms with Crippen molar-refractivity contribution in [3.63, 3.8) is 0 Å². The Hall–Kier alpha value is -2.20. The van der Waals surface area contributed by atoms with Gasteiger partial charge in [-0.25, -0.2) is 0 Å². The van der Waals surface area contributed by atoms with E-state index in [4.69, 9.17) is 0 Å². The Bertz CT molecular complexity index is 681. The highest BCUT2D eigenvalue weighted by Crippen LogP contribution is 2.48. The van der Waals surface area contributed by atoms with Gasteiger partial charge in [0.25, 0.3) is 0 Å². The summed E-state index contributed by atoms with van der Waals surface area (Å²) in [5.41, 5.74) is 2.55. The van der Waals surface area contributed by atoms with E-state index in [2.05, 4.69) is 45.1 Å². The van der Waals surface area contributed by atoms with Gasteiger partial charge in [0.1, 0.15) is 0 Å². The van der Waals surface area contributed by atoms with E-state index in [0.29, 0.717) is 11.8 Å². The summed E-state index contributed by atoms with van der Waals surface area (Å²) in [5, 5.41) is 0. The van der Waals surface area contributed by atoms with Crippen molar-refractivity contribution in [1.29, 1.82) is 0 Å². The number of amides is 1. The predicted molar refractivity (Wildman–Crippen MR) is 93.4 cm³/mol. The minimum absolute atomic E-state index is 0.206. The van der Waals surface area contributed by atoms with E-state index in [0.717, 1.165) is 39.1 Å². The lowest BCUT2D eigenvalue weighted by atomic mass is 10.1. The molecule has 0 bridgehead atoms. The van der Waals surface area contributed by atoms with E-state index in [9.17, 15) is 4.79 Å². The lowest BCUT2D eigenvalue weighted by Crippen LogP contribution is -2.48. The van der Waals surface area contributed by atoms with Crippen molar-refractivity contribution < 1.29 is 4.79 Å². The Morgan fingerprint density at radius 2 is 1.83 bits per heavy atom. The second kappa shape index (κ2) is 6.73. The van der Waals surface area contributed by atoms with Crippen LogP contribution in [0, 0.1) is 5.92 Å². The van der Waals surface area contributed by atoms with E-state index < -0.39 is 0 Å². The van der Waals surface area contributed by atoms with Crippen LogP contribution in [0.3, 0.4) is 0 Å². The molecule has 1 aliphatic carbocycles. The van der Waals surface area contributed by atoms with E-state index in [-0.39, 0.29) is 5.92 Å². The molecule has 4 nitrogen and oxygen atoms in total. The van der Waals surface area contributed by atoms with Crippen molar-refractivity contribution in [1.82, 2.24) is 14.8 Å². The molecule has 0 radical (unpaired) electrons. The molecule has 1 saturated heterocycles. The number of hydrogen-bond acceptors (Lipinski definition) is 3. The number of benzene rings is 1. The van der Waals surface area contributed by atoms with Gasteiger partial charge in [-0.05, 0) is 29.5 Å². The molecule has 4 heteroatoms. The number of piperazine rings is 1. The van der Waals surface area contributed by atoms with Gasteiger partial charge in [0, 0.05) is 51.0 Å². The molecule has 2 atom stereocenters. The maximum Gasteiger partial charge on any atom is 0.226 e. The molecule has 2 fully saturated rings. The van der Waals surface area contributed by atoms with E-state index in [1.165, 1.54) is 11.1 Å². The Morgan fingerprint density at radius 1 is 1.04 bits per heavy atom. The molecular weight excluding hydrogens is 298 g/mol. The zero-order valence-corrected chi connectivity index (χ0v) is 13.8. The zero-order chi connectivity index (χ0) is 16.4. The Morgan fingerprint density at radius 3 is 2.54 bits per heavy atom. The largest absolute Gasteiger partial charge is 0.340 e. The highest BCUT2D eigenvalue weighted by molar-refractivity contribution is 5.83. The first-order valence-electron chi connectivity index (χ1n) is 8.76. The highest BCUT2D eigenvalue weighted by atomic mass is 16.2. The third-order valence-corrected chi connectivity index (χ3v) is 5.15. The van der Waals surface area contributed by atoms with E-state index in [1.54, 1.807) is 6.20 Å². The Labute approximate surface area is 143 Å². The van der Waals surface area contributed by atoms with Crippen LogP contribution in [0.15, 0.2) is 54.9 Å². The molecule has 0 spiro atoms. The van der Waals surface area contributed by atoms with Gasteiger partial charge in [0.2, 0.25) is 5.91 Å². The van der Waals surface area contributed by atoms with Crippen LogP contribution >= 0.6 is 0 Å². The molecule has 24 heavy (non-hydrogen) atoms. The first-order valence-corrected chi connectivity index (χ1v) is 8.76. The third-order valence-electron chi connectivity index (χ3n) is 5.15. The molecule has 1 amide bonds. The number of carbonyl (C=O) groups is 1. The fourth-order valence-corrected chi connectivity index (χ4v) is 3.65. The van der Waals surface area contributed by atoms with Crippen LogP contribution in [0.5, 0.6) is 0 Å². The lowest BCUT2D eigenvalue weighted by molar-refractivity contribution is -0.134. The average molecular weight is 321 g/mol. The van der Waals surface area contributed by atoms with Gasteiger partial charge in [-0.3, -0.25) is 14.7 Å².